The second-order valence-corrected chi connectivity index (χ2v) is 7.97. The van der Waals surface area contributed by atoms with Crippen LogP contribution in [0.5, 0.6) is 0 Å². The van der Waals surface area contributed by atoms with E-state index in [0.717, 1.165) is 26.1 Å². The predicted octanol–water partition coefficient (Wildman–Crippen LogP) is 2.04. The van der Waals surface area contributed by atoms with Crippen LogP contribution in [0.2, 0.25) is 0 Å². The lowest BCUT2D eigenvalue weighted by Crippen LogP contribution is -2.35. The number of aromatic nitrogens is 2. The Bertz CT molecular complexity index is 774. The van der Waals surface area contributed by atoms with Crippen molar-refractivity contribution in [3.05, 3.63) is 34.4 Å². The van der Waals surface area contributed by atoms with Crippen molar-refractivity contribution in [2.45, 2.75) is 26.3 Å². The summed E-state index contributed by atoms with van der Waals surface area (Å²) >= 11 is 1.39. The summed E-state index contributed by atoms with van der Waals surface area (Å²) in [6.45, 7) is 7.31. The smallest absolute Gasteiger partial charge is 0.289 e. The van der Waals surface area contributed by atoms with Gasteiger partial charge in [-0.25, -0.2) is 9.97 Å². The minimum atomic E-state index is -0.343. The van der Waals surface area contributed by atoms with Gasteiger partial charge >= 0.3 is 0 Å². The molecule has 0 aromatic carbocycles. The number of amides is 2. The number of carbonyl (C=O) groups is 2. The zero-order valence-corrected chi connectivity index (χ0v) is 16.7. The maximum absolute atomic E-state index is 12.8. The first-order valence-electron chi connectivity index (χ1n) is 9.08. The molecule has 9 heteroatoms. The fraction of sp³-hybridized carbons (Fsp3) is 0.556. The minimum Gasteiger partial charge on any atom is -0.438 e. The van der Waals surface area contributed by atoms with E-state index in [-0.39, 0.29) is 29.5 Å². The summed E-state index contributed by atoms with van der Waals surface area (Å²) < 4.78 is 5.05. The van der Waals surface area contributed by atoms with E-state index in [1.165, 1.54) is 23.9 Å². The molecule has 2 aromatic heterocycles. The molecule has 27 heavy (non-hydrogen) atoms. The van der Waals surface area contributed by atoms with E-state index in [0.29, 0.717) is 17.2 Å². The van der Waals surface area contributed by atoms with Crippen LogP contribution in [0, 0.1) is 5.92 Å². The molecule has 1 atom stereocenters. The summed E-state index contributed by atoms with van der Waals surface area (Å²) in [6, 6.07) is -0.301. The summed E-state index contributed by atoms with van der Waals surface area (Å²) in [4.78, 5) is 37.5. The first kappa shape index (κ1) is 19.5. The highest BCUT2D eigenvalue weighted by atomic mass is 32.1. The Morgan fingerprint density at radius 3 is 2.78 bits per heavy atom. The Morgan fingerprint density at radius 1 is 1.26 bits per heavy atom. The number of rotatable bonds is 5. The third-order valence-corrected chi connectivity index (χ3v) is 5.55. The van der Waals surface area contributed by atoms with Crippen molar-refractivity contribution in [1.82, 2.24) is 25.1 Å². The molecule has 0 bridgehead atoms. The normalized spacial score (nSPS) is 17.0. The molecule has 8 nitrogen and oxygen atoms in total. The van der Waals surface area contributed by atoms with Crippen LogP contribution in [0.25, 0.3) is 0 Å². The lowest BCUT2D eigenvalue weighted by atomic mass is 10.1. The first-order chi connectivity index (χ1) is 13.0. The quantitative estimate of drug-likeness (QED) is 0.839. The van der Waals surface area contributed by atoms with Crippen LogP contribution in [0.1, 0.15) is 52.4 Å². The predicted molar refractivity (Wildman–Crippen MR) is 102 cm³/mol. The van der Waals surface area contributed by atoms with E-state index in [9.17, 15) is 9.59 Å². The van der Waals surface area contributed by atoms with E-state index in [1.807, 2.05) is 18.7 Å². The largest absolute Gasteiger partial charge is 0.438 e. The van der Waals surface area contributed by atoms with Gasteiger partial charge in [-0.1, -0.05) is 13.8 Å². The molecule has 0 spiro atoms. The highest BCUT2D eigenvalue weighted by Gasteiger charge is 2.26. The summed E-state index contributed by atoms with van der Waals surface area (Å²) in [7, 11) is 2.07. The summed E-state index contributed by atoms with van der Waals surface area (Å²) in [5, 5.41) is 5.42. The third-order valence-electron chi connectivity index (χ3n) is 4.62. The zero-order chi connectivity index (χ0) is 19.4. The van der Waals surface area contributed by atoms with Crippen molar-refractivity contribution in [3.63, 3.8) is 0 Å². The number of hydrogen-bond acceptors (Lipinski definition) is 7. The van der Waals surface area contributed by atoms with Crippen molar-refractivity contribution in [2.75, 3.05) is 33.2 Å². The standard InChI is InChI=1S/C18H25N5O3S/c1-12(2)15(21-16(24)14-9-19-11-26-14)17-20-13(10-27-17)18(25)23-6-4-5-22(3)7-8-23/h9-12,15H,4-8H2,1-3H3,(H,21,24)/t15-/m1/s1. The fourth-order valence-corrected chi connectivity index (χ4v) is 4.01. The van der Waals surface area contributed by atoms with E-state index < -0.39 is 0 Å². The fourth-order valence-electron chi connectivity index (χ4n) is 2.99. The van der Waals surface area contributed by atoms with Crippen molar-refractivity contribution in [2.24, 2.45) is 5.92 Å². The number of thiazole rings is 1. The first-order valence-corrected chi connectivity index (χ1v) is 9.96. The van der Waals surface area contributed by atoms with Gasteiger partial charge in [0.15, 0.2) is 6.39 Å². The van der Waals surface area contributed by atoms with E-state index in [2.05, 4.69) is 27.2 Å². The molecule has 0 radical (unpaired) electrons. The Balaban J connectivity index is 1.71. The molecular weight excluding hydrogens is 366 g/mol. The number of carbonyl (C=O) groups excluding carboxylic acids is 2. The number of hydrogen-bond donors (Lipinski definition) is 1. The van der Waals surface area contributed by atoms with Crippen LogP contribution >= 0.6 is 11.3 Å². The average Bonchev–Trinajstić information content (AvgIpc) is 3.29. The number of nitrogens with one attached hydrogen (secondary N) is 1. The van der Waals surface area contributed by atoms with Gasteiger partial charge < -0.3 is 19.5 Å². The Labute approximate surface area is 162 Å². The molecule has 0 saturated carbocycles. The maximum Gasteiger partial charge on any atom is 0.289 e. The van der Waals surface area contributed by atoms with Crippen LogP contribution in [-0.4, -0.2) is 64.8 Å². The molecule has 2 amide bonds. The molecule has 0 unspecified atom stereocenters. The zero-order valence-electron chi connectivity index (χ0n) is 15.8. The second-order valence-electron chi connectivity index (χ2n) is 7.08. The Kier molecular flexibility index (Phi) is 6.22. The summed E-state index contributed by atoms with van der Waals surface area (Å²) in [5.74, 6) is -0.123. The van der Waals surface area contributed by atoms with Gasteiger partial charge in [-0.3, -0.25) is 9.59 Å². The van der Waals surface area contributed by atoms with E-state index in [1.54, 1.807) is 5.38 Å². The van der Waals surface area contributed by atoms with Crippen molar-refractivity contribution in [3.8, 4) is 0 Å². The molecule has 1 N–H and O–H groups in total. The molecule has 1 aliphatic heterocycles. The van der Waals surface area contributed by atoms with Gasteiger partial charge in [0.1, 0.15) is 10.7 Å². The lowest BCUT2D eigenvalue weighted by molar-refractivity contribution is 0.0757. The topological polar surface area (TPSA) is 91.6 Å². The minimum absolute atomic E-state index is 0.0446. The van der Waals surface area contributed by atoms with E-state index >= 15 is 0 Å². The van der Waals surface area contributed by atoms with Crippen molar-refractivity contribution < 1.29 is 14.0 Å². The molecule has 0 aliphatic carbocycles. The van der Waals surface area contributed by atoms with Gasteiger partial charge in [0.05, 0.1) is 12.2 Å². The van der Waals surface area contributed by atoms with Gasteiger partial charge in [0.2, 0.25) is 5.76 Å². The third kappa shape index (κ3) is 4.72. The average molecular weight is 391 g/mol. The van der Waals surface area contributed by atoms with Gasteiger partial charge in [-0.05, 0) is 25.9 Å². The number of oxazole rings is 1. The second kappa shape index (κ2) is 8.62. The molecule has 1 fully saturated rings. The highest BCUT2D eigenvalue weighted by molar-refractivity contribution is 7.09. The van der Waals surface area contributed by atoms with Crippen LogP contribution in [0.3, 0.4) is 0 Å². The van der Waals surface area contributed by atoms with Crippen LogP contribution < -0.4 is 5.32 Å². The molecule has 2 aromatic rings. The summed E-state index contributed by atoms with van der Waals surface area (Å²) in [5.41, 5.74) is 0.444. The maximum atomic E-state index is 12.8. The summed E-state index contributed by atoms with van der Waals surface area (Å²) in [6.07, 6.45) is 3.55. The molecule has 3 heterocycles. The molecular formula is C18H25N5O3S. The van der Waals surface area contributed by atoms with Crippen molar-refractivity contribution >= 4 is 23.2 Å². The van der Waals surface area contributed by atoms with Crippen molar-refractivity contribution in [1.29, 1.82) is 0 Å². The number of likely N-dealkylation sites (N-methyl/N-ethyl adjacent to an activating group) is 1. The monoisotopic (exact) mass is 391 g/mol. The van der Waals surface area contributed by atoms with Crippen LogP contribution in [0.4, 0.5) is 0 Å². The molecule has 146 valence electrons. The van der Waals surface area contributed by atoms with E-state index in [4.69, 9.17) is 4.42 Å². The Morgan fingerprint density at radius 2 is 2.07 bits per heavy atom. The van der Waals surface area contributed by atoms with Gasteiger partial charge in [0.25, 0.3) is 11.8 Å². The SMILES string of the molecule is CC(C)[C@@H](NC(=O)c1cnco1)c1nc(C(=O)N2CCCN(C)CC2)cs1. The van der Waals surface area contributed by atoms with Gasteiger partial charge in [-0.2, -0.15) is 0 Å². The lowest BCUT2D eigenvalue weighted by Gasteiger charge is -2.20. The number of nitrogens with zero attached hydrogens (tertiary/aromatic N) is 4. The molecule has 1 saturated heterocycles. The van der Waals surface area contributed by atoms with Gasteiger partial charge in [-0.15, -0.1) is 11.3 Å². The van der Waals surface area contributed by atoms with Crippen LogP contribution in [0.15, 0.2) is 22.4 Å². The molecule has 3 rings (SSSR count). The van der Waals surface area contributed by atoms with Crippen LogP contribution in [-0.2, 0) is 0 Å². The Hall–Kier alpha value is -2.26. The van der Waals surface area contributed by atoms with Gasteiger partial charge in [0, 0.05) is 25.0 Å². The highest BCUT2D eigenvalue weighted by Crippen LogP contribution is 2.26. The molecule has 1 aliphatic rings.